The lowest BCUT2D eigenvalue weighted by Gasteiger charge is -2.20. The third-order valence-electron chi connectivity index (χ3n) is 4.14. The zero-order valence-corrected chi connectivity index (χ0v) is 17.5. The number of unbranched alkanes of at least 4 members (excludes halogenated alkanes) is 1. The second kappa shape index (κ2) is 8.82. The molecule has 2 heterocycles. The lowest BCUT2D eigenvalue weighted by atomic mass is 10.2. The van der Waals surface area contributed by atoms with Crippen molar-refractivity contribution in [3.63, 3.8) is 0 Å². The molecule has 1 saturated heterocycles. The van der Waals surface area contributed by atoms with Gasteiger partial charge in [-0.3, -0.25) is 14.5 Å². The summed E-state index contributed by atoms with van der Waals surface area (Å²) in [6.45, 7) is 2.50. The summed E-state index contributed by atoms with van der Waals surface area (Å²) in [6, 6.07) is 7.78. The second-order valence-corrected chi connectivity index (χ2v) is 8.83. The molecule has 3 rings (SSSR count). The molecule has 1 fully saturated rings. The van der Waals surface area contributed by atoms with Gasteiger partial charge in [0.25, 0.3) is 5.91 Å². The third-order valence-corrected chi connectivity index (χ3v) is 6.67. The van der Waals surface area contributed by atoms with Crippen LogP contribution in [0.2, 0.25) is 0 Å². The van der Waals surface area contributed by atoms with Gasteiger partial charge in [0.2, 0.25) is 0 Å². The summed E-state index contributed by atoms with van der Waals surface area (Å²) >= 11 is 7.81. The van der Waals surface area contributed by atoms with Crippen LogP contribution in [0.5, 0.6) is 0 Å². The van der Waals surface area contributed by atoms with Gasteiger partial charge in [-0.15, -0.1) is 0 Å². The van der Waals surface area contributed by atoms with Gasteiger partial charge in [0.05, 0.1) is 27.3 Å². The first-order chi connectivity index (χ1) is 13.4. The number of carboxylic acid groups (broad SMARTS) is 1. The highest BCUT2D eigenvalue weighted by Crippen LogP contribution is 2.46. The maximum atomic E-state index is 12.4. The summed E-state index contributed by atoms with van der Waals surface area (Å²) in [4.78, 5) is 28.0. The fourth-order valence-corrected chi connectivity index (χ4v) is 5.04. The topological polar surface area (TPSA) is 84.6 Å². The Labute approximate surface area is 176 Å². The van der Waals surface area contributed by atoms with Crippen LogP contribution in [0, 0.1) is 11.3 Å². The Balaban J connectivity index is 1.87. The highest BCUT2D eigenvalue weighted by molar-refractivity contribution is 8.26. The van der Waals surface area contributed by atoms with E-state index in [-0.39, 0.29) is 10.2 Å². The number of carboxylic acids is 1. The van der Waals surface area contributed by atoms with Crippen LogP contribution in [0.1, 0.15) is 25.3 Å². The Bertz CT molecular complexity index is 949. The van der Waals surface area contributed by atoms with Gasteiger partial charge in [-0.25, -0.2) is 0 Å². The smallest absolute Gasteiger partial charge is 0.323 e. The van der Waals surface area contributed by atoms with Crippen LogP contribution in [-0.2, 0) is 9.59 Å². The Hall–Kier alpha value is -2.28. The van der Waals surface area contributed by atoms with Crippen LogP contribution in [0.15, 0.2) is 45.2 Å². The summed E-state index contributed by atoms with van der Waals surface area (Å²) in [5.41, 5.74) is 1.60. The van der Waals surface area contributed by atoms with Gasteiger partial charge in [0, 0.05) is 11.4 Å². The molecule has 1 amide bonds. The number of carbonyl (C=O) groups excluding carboxylic acids is 1. The minimum Gasteiger partial charge on any atom is -0.480 e. The number of allylic oxidation sites excluding steroid dienone is 2. The normalized spacial score (nSPS) is 18.9. The van der Waals surface area contributed by atoms with Gasteiger partial charge in [-0.05, 0) is 36.8 Å². The van der Waals surface area contributed by atoms with Gasteiger partial charge in [0.15, 0.2) is 0 Å². The summed E-state index contributed by atoms with van der Waals surface area (Å²) in [5, 5.41) is 19.1. The number of thioether (sulfide) groups is 2. The molecule has 2 aliphatic rings. The number of aliphatic carboxylic acids is 1. The van der Waals surface area contributed by atoms with Crippen LogP contribution in [0.25, 0.3) is 0 Å². The molecule has 0 unspecified atom stereocenters. The standard InChI is InChI=1S/C19H17N3O3S3/c1-2-3-8-21-13-9-12(10-20)4-5-14(13)27-16(21)7-6-15-18(25)22(11-17(23)24)19(26)28-15/h4-7,9H,2-3,8,11H2,1H3,(H,23,24)/b15-6+,16-7-. The number of rotatable bonds is 6. The van der Waals surface area contributed by atoms with Gasteiger partial charge in [0.1, 0.15) is 10.9 Å². The number of anilines is 1. The Kier molecular flexibility index (Phi) is 6.44. The van der Waals surface area contributed by atoms with Crippen molar-refractivity contribution in [2.24, 2.45) is 0 Å². The van der Waals surface area contributed by atoms with E-state index < -0.39 is 12.5 Å². The zero-order chi connectivity index (χ0) is 20.3. The molecule has 6 nitrogen and oxygen atoms in total. The molecule has 0 spiro atoms. The fraction of sp³-hybridized carbons (Fsp3) is 0.263. The monoisotopic (exact) mass is 431 g/mol. The maximum absolute atomic E-state index is 12.4. The number of fused-ring (bicyclic) bond motifs is 1. The molecule has 0 atom stereocenters. The van der Waals surface area contributed by atoms with Crippen LogP contribution in [0.3, 0.4) is 0 Å². The summed E-state index contributed by atoms with van der Waals surface area (Å²) in [5.74, 6) is -1.49. The molecule has 0 bridgehead atoms. The van der Waals surface area contributed by atoms with Gasteiger partial charge >= 0.3 is 5.97 Å². The first kappa shape index (κ1) is 20.5. The summed E-state index contributed by atoms with van der Waals surface area (Å²) in [6.07, 6.45) is 5.59. The number of amides is 1. The van der Waals surface area contributed by atoms with Crippen molar-refractivity contribution in [2.75, 3.05) is 18.0 Å². The third kappa shape index (κ3) is 4.24. The quantitative estimate of drug-likeness (QED) is 0.536. The first-order valence-corrected chi connectivity index (χ1v) is 10.7. The van der Waals surface area contributed by atoms with Crippen molar-refractivity contribution < 1.29 is 14.7 Å². The number of benzene rings is 1. The van der Waals surface area contributed by atoms with E-state index in [1.807, 2.05) is 18.2 Å². The van der Waals surface area contributed by atoms with E-state index in [1.165, 1.54) is 0 Å². The van der Waals surface area contributed by atoms with Crippen LogP contribution < -0.4 is 4.90 Å². The molecule has 1 aromatic carbocycles. The molecule has 0 radical (unpaired) electrons. The number of hydrogen-bond acceptors (Lipinski definition) is 7. The summed E-state index contributed by atoms with van der Waals surface area (Å²) < 4.78 is 0.251. The van der Waals surface area contributed by atoms with E-state index in [0.29, 0.717) is 10.5 Å². The average Bonchev–Trinajstić information content (AvgIpc) is 3.15. The molecule has 9 heteroatoms. The van der Waals surface area contributed by atoms with Crippen molar-refractivity contribution in [2.45, 2.75) is 24.7 Å². The minimum absolute atomic E-state index is 0.251. The molecule has 28 heavy (non-hydrogen) atoms. The Morgan fingerprint density at radius 2 is 2.11 bits per heavy atom. The number of carbonyl (C=O) groups is 2. The van der Waals surface area contributed by atoms with Crippen molar-refractivity contribution in [3.05, 3.63) is 45.8 Å². The second-order valence-electron chi connectivity index (χ2n) is 6.09. The predicted octanol–water partition coefficient (Wildman–Crippen LogP) is 3.94. The van der Waals surface area contributed by atoms with Crippen molar-refractivity contribution in [3.8, 4) is 6.07 Å². The molecular formula is C19H17N3O3S3. The highest BCUT2D eigenvalue weighted by Gasteiger charge is 2.33. The lowest BCUT2D eigenvalue weighted by molar-refractivity contribution is -0.140. The molecule has 0 saturated carbocycles. The Morgan fingerprint density at radius 3 is 2.79 bits per heavy atom. The molecule has 0 aliphatic carbocycles. The molecule has 144 valence electrons. The van der Waals surface area contributed by atoms with Crippen LogP contribution >= 0.6 is 35.7 Å². The minimum atomic E-state index is -1.10. The van der Waals surface area contributed by atoms with Gasteiger partial charge in [-0.2, -0.15) is 5.26 Å². The van der Waals surface area contributed by atoms with Crippen molar-refractivity contribution in [1.82, 2.24) is 4.90 Å². The Morgan fingerprint density at radius 1 is 1.32 bits per heavy atom. The lowest BCUT2D eigenvalue weighted by Crippen LogP contribution is -2.33. The largest absolute Gasteiger partial charge is 0.480 e. The molecule has 1 N–H and O–H groups in total. The predicted molar refractivity (Wildman–Crippen MR) is 115 cm³/mol. The molecule has 1 aromatic rings. The van der Waals surface area contributed by atoms with Crippen molar-refractivity contribution in [1.29, 1.82) is 5.26 Å². The number of nitrogens with zero attached hydrogens (tertiary/aromatic N) is 3. The first-order valence-electron chi connectivity index (χ1n) is 8.61. The van der Waals surface area contributed by atoms with E-state index >= 15 is 0 Å². The summed E-state index contributed by atoms with van der Waals surface area (Å²) in [7, 11) is 0. The van der Waals surface area contributed by atoms with E-state index in [4.69, 9.17) is 17.3 Å². The fourth-order valence-electron chi connectivity index (χ4n) is 2.77. The van der Waals surface area contributed by atoms with E-state index in [0.717, 1.165) is 51.7 Å². The number of thiocarbonyl (C=S) groups is 1. The SMILES string of the molecule is CCCCN1/C(=C/C=C2/SC(=S)N(CC(=O)O)C2=O)Sc2ccc(C#N)cc21. The van der Waals surface area contributed by atoms with Gasteiger partial charge < -0.3 is 10.0 Å². The van der Waals surface area contributed by atoms with Crippen LogP contribution in [0.4, 0.5) is 5.69 Å². The average molecular weight is 432 g/mol. The highest BCUT2D eigenvalue weighted by atomic mass is 32.2. The molecule has 2 aliphatic heterocycles. The number of nitriles is 1. The molecule has 0 aromatic heterocycles. The van der Waals surface area contributed by atoms with Crippen molar-refractivity contribution >= 4 is 57.6 Å². The maximum Gasteiger partial charge on any atom is 0.323 e. The molecular weight excluding hydrogens is 414 g/mol. The van der Waals surface area contributed by atoms with E-state index in [9.17, 15) is 14.9 Å². The zero-order valence-electron chi connectivity index (χ0n) is 15.0. The number of hydrogen-bond donors (Lipinski definition) is 1. The van der Waals surface area contributed by atoms with Gasteiger partial charge in [-0.1, -0.05) is 49.1 Å². The van der Waals surface area contributed by atoms with Crippen LogP contribution in [-0.4, -0.2) is 39.3 Å². The van der Waals surface area contributed by atoms with E-state index in [1.54, 1.807) is 23.9 Å². The van der Waals surface area contributed by atoms with E-state index in [2.05, 4.69) is 17.9 Å².